The first-order valence-electron chi connectivity index (χ1n) is 4.99. The van der Waals surface area contributed by atoms with Gasteiger partial charge in [-0.2, -0.15) is 0 Å². The van der Waals surface area contributed by atoms with Crippen molar-refractivity contribution in [2.75, 3.05) is 27.3 Å². The van der Waals surface area contributed by atoms with Crippen molar-refractivity contribution in [3.63, 3.8) is 0 Å². The smallest absolute Gasteiger partial charge is 0.242 e. The summed E-state index contributed by atoms with van der Waals surface area (Å²) < 4.78 is 4.90. The van der Waals surface area contributed by atoms with Crippen LogP contribution in [0.15, 0.2) is 0 Å². The summed E-state index contributed by atoms with van der Waals surface area (Å²) in [6, 6.07) is 0. The van der Waals surface area contributed by atoms with E-state index >= 15 is 0 Å². The Morgan fingerprint density at radius 3 is 2.57 bits per heavy atom. The van der Waals surface area contributed by atoms with Crippen LogP contribution in [0.25, 0.3) is 0 Å². The molecule has 0 saturated heterocycles. The van der Waals surface area contributed by atoms with E-state index in [0.29, 0.717) is 19.6 Å². The number of carbonyl (C=O) groups excluding carboxylic acids is 1. The van der Waals surface area contributed by atoms with E-state index in [1.807, 2.05) is 6.92 Å². The first kappa shape index (κ1) is 13.4. The van der Waals surface area contributed by atoms with Crippen molar-refractivity contribution < 1.29 is 9.53 Å². The van der Waals surface area contributed by atoms with Gasteiger partial charge in [-0.05, 0) is 13.3 Å². The lowest BCUT2D eigenvalue weighted by atomic mass is 9.96. The average molecular weight is 202 g/mol. The van der Waals surface area contributed by atoms with E-state index in [-0.39, 0.29) is 5.91 Å². The summed E-state index contributed by atoms with van der Waals surface area (Å²) in [4.78, 5) is 13.4. The molecule has 0 heterocycles. The van der Waals surface area contributed by atoms with Crippen LogP contribution in [0.4, 0.5) is 0 Å². The van der Waals surface area contributed by atoms with Crippen molar-refractivity contribution in [2.45, 2.75) is 32.2 Å². The van der Waals surface area contributed by atoms with E-state index in [9.17, 15) is 4.79 Å². The molecular weight excluding hydrogens is 180 g/mol. The van der Waals surface area contributed by atoms with Crippen LogP contribution in [0, 0.1) is 0 Å². The van der Waals surface area contributed by atoms with Gasteiger partial charge in [-0.25, -0.2) is 0 Å². The summed E-state index contributed by atoms with van der Waals surface area (Å²) in [5, 5.41) is 0. The van der Waals surface area contributed by atoms with Gasteiger partial charge in [-0.1, -0.05) is 13.3 Å². The van der Waals surface area contributed by atoms with Crippen LogP contribution in [0.2, 0.25) is 0 Å². The summed E-state index contributed by atoms with van der Waals surface area (Å²) >= 11 is 0. The molecule has 0 rings (SSSR count). The van der Waals surface area contributed by atoms with Gasteiger partial charge in [0.15, 0.2) is 0 Å². The number of amides is 1. The molecule has 0 aliphatic carbocycles. The van der Waals surface area contributed by atoms with Crippen LogP contribution in [0.5, 0.6) is 0 Å². The summed E-state index contributed by atoms with van der Waals surface area (Å²) in [7, 11) is 3.37. The predicted molar refractivity (Wildman–Crippen MR) is 57.0 cm³/mol. The fourth-order valence-corrected chi connectivity index (χ4v) is 1.39. The predicted octanol–water partition coefficient (Wildman–Crippen LogP) is 0.609. The van der Waals surface area contributed by atoms with Crippen molar-refractivity contribution in [3.8, 4) is 0 Å². The van der Waals surface area contributed by atoms with E-state index in [4.69, 9.17) is 10.5 Å². The molecule has 2 N–H and O–H groups in total. The fraction of sp³-hybridized carbons (Fsp3) is 0.900. The van der Waals surface area contributed by atoms with Crippen molar-refractivity contribution in [3.05, 3.63) is 0 Å². The summed E-state index contributed by atoms with van der Waals surface area (Å²) in [5.41, 5.74) is 5.17. The Morgan fingerprint density at radius 2 is 2.14 bits per heavy atom. The zero-order valence-electron chi connectivity index (χ0n) is 9.67. The molecule has 4 heteroatoms. The number of hydrogen-bond donors (Lipinski definition) is 1. The Morgan fingerprint density at radius 1 is 1.57 bits per heavy atom. The number of nitrogens with zero attached hydrogens (tertiary/aromatic N) is 1. The van der Waals surface area contributed by atoms with Crippen LogP contribution in [-0.2, 0) is 9.53 Å². The Labute approximate surface area is 86.4 Å². The molecule has 0 aromatic carbocycles. The van der Waals surface area contributed by atoms with Gasteiger partial charge in [0.25, 0.3) is 0 Å². The first-order chi connectivity index (χ1) is 6.45. The Balaban J connectivity index is 4.15. The third-order valence-corrected chi connectivity index (χ3v) is 2.24. The van der Waals surface area contributed by atoms with Crippen LogP contribution in [-0.4, -0.2) is 43.7 Å². The lowest BCUT2D eigenvalue weighted by molar-refractivity contribution is -0.135. The second kappa shape index (κ2) is 5.98. The van der Waals surface area contributed by atoms with Crippen molar-refractivity contribution in [1.82, 2.24) is 4.90 Å². The first-order valence-corrected chi connectivity index (χ1v) is 4.99. The van der Waals surface area contributed by atoms with Gasteiger partial charge in [-0.3, -0.25) is 4.79 Å². The number of ether oxygens (including phenoxy) is 1. The van der Waals surface area contributed by atoms with E-state index in [2.05, 4.69) is 0 Å². The molecule has 0 aliphatic rings. The van der Waals surface area contributed by atoms with Gasteiger partial charge >= 0.3 is 0 Å². The molecule has 1 atom stereocenters. The molecule has 0 spiro atoms. The van der Waals surface area contributed by atoms with Crippen LogP contribution in [0.1, 0.15) is 26.7 Å². The van der Waals surface area contributed by atoms with E-state index in [0.717, 1.165) is 6.42 Å². The molecule has 0 aromatic heterocycles. The van der Waals surface area contributed by atoms with Gasteiger partial charge in [0.2, 0.25) is 5.91 Å². The van der Waals surface area contributed by atoms with E-state index in [1.165, 1.54) is 0 Å². The largest absolute Gasteiger partial charge is 0.383 e. The lowest BCUT2D eigenvalue weighted by Gasteiger charge is -2.28. The third-order valence-electron chi connectivity index (χ3n) is 2.24. The maximum Gasteiger partial charge on any atom is 0.242 e. The highest BCUT2D eigenvalue weighted by Crippen LogP contribution is 2.11. The molecule has 0 saturated carbocycles. The highest BCUT2D eigenvalue weighted by Gasteiger charge is 2.29. The standard InChI is InChI=1S/C10H22N2O2/c1-5-6-10(2,11)9(13)12(3)7-8-14-4/h5-8,11H2,1-4H3. The molecular formula is C10H22N2O2. The minimum atomic E-state index is -0.739. The quantitative estimate of drug-likeness (QED) is 0.686. The van der Waals surface area contributed by atoms with Gasteiger partial charge in [0.1, 0.15) is 0 Å². The molecule has 14 heavy (non-hydrogen) atoms. The average Bonchev–Trinajstić information content (AvgIpc) is 2.12. The Bertz CT molecular complexity index is 181. The summed E-state index contributed by atoms with van der Waals surface area (Å²) in [6.45, 7) is 4.94. The molecule has 4 nitrogen and oxygen atoms in total. The SMILES string of the molecule is CCCC(C)(N)C(=O)N(C)CCOC. The molecule has 0 bridgehead atoms. The zero-order chi connectivity index (χ0) is 11.2. The molecule has 84 valence electrons. The minimum absolute atomic E-state index is 0.0172. The Kier molecular flexibility index (Phi) is 5.72. The summed E-state index contributed by atoms with van der Waals surface area (Å²) in [5.74, 6) is -0.0172. The highest BCUT2D eigenvalue weighted by molar-refractivity contribution is 5.85. The Hall–Kier alpha value is -0.610. The molecule has 0 aromatic rings. The van der Waals surface area contributed by atoms with Gasteiger partial charge in [0, 0.05) is 20.7 Å². The number of hydrogen-bond acceptors (Lipinski definition) is 3. The molecule has 0 fully saturated rings. The fourth-order valence-electron chi connectivity index (χ4n) is 1.39. The molecule has 0 aliphatic heterocycles. The van der Waals surface area contributed by atoms with Crippen molar-refractivity contribution >= 4 is 5.91 Å². The van der Waals surface area contributed by atoms with Crippen LogP contribution in [0.3, 0.4) is 0 Å². The number of nitrogens with two attached hydrogens (primary N) is 1. The number of carbonyl (C=O) groups is 1. The second-order valence-corrected chi connectivity index (χ2v) is 3.89. The minimum Gasteiger partial charge on any atom is -0.383 e. The highest BCUT2D eigenvalue weighted by atomic mass is 16.5. The van der Waals surface area contributed by atoms with Crippen LogP contribution < -0.4 is 5.73 Å². The second-order valence-electron chi connectivity index (χ2n) is 3.89. The number of likely N-dealkylation sites (N-methyl/N-ethyl adjacent to an activating group) is 1. The van der Waals surface area contributed by atoms with Gasteiger partial charge in [0.05, 0.1) is 12.1 Å². The lowest BCUT2D eigenvalue weighted by Crippen LogP contribution is -2.52. The van der Waals surface area contributed by atoms with Gasteiger partial charge < -0.3 is 15.4 Å². The van der Waals surface area contributed by atoms with Gasteiger partial charge in [-0.15, -0.1) is 0 Å². The van der Waals surface area contributed by atoms with Crippen molar-refractivity contribution in [2.24, 2.45) is 5.73 Å². The molecule has 1 amide bonds. The third kappa shape index (κ3) is 4.07. The summed E-state index contributed by atoms with van der Waals surface area (Å²) in [6.07, 6.45) is 1.63. The van der Waals surface area contributed by atoms with E-state index in [1.54, 1.807) is 26.0 Å². The van der Waals surface area contributed by atoms with Crippen LogP contribution >= 0.6 is 0 Å². The number of methoxy groups -OCH3 is 1. The zero-order valence-corrected chi connectivity index (χ0v) is 9.67. The maximum absolute atomic E-state index is 11.8. The topological polar surface area (TPSA) is 55.6 Å². The normalized spacial score (nSPS) is 14.9. The maximum atomic E-state index is 11.8. The van der Waals surface area contributed by atoms with E-state index < -0.39 is 5.54 Å². The monoisotopic (exact) mass is 202 g/mol. The number of rotatable bonds is 6. The molecule has 1 unspecified atom stereocenters. The van der Waals surface area contributed by atoms with Crippen molar-refractivity contribution in [1.29, 1.82) is 0 Å². The molecule has 0 radical (unpaired) electrons.